The summed E-state index contributed by atoms with van der Waals surface area (Å²) in [6.45, 7) is 5.25. The Labute approximate surface area is 158 Å². The molecular weight excluding hydrogens is 326 g/mol. The van der Waals surface area contributed by atoms with Crippen LogP contribution in [0.1, 0.15) is 70.6 Å². The molecule has 0 aromatic heterocycles. The predicted octanol–water partition coefficient (Wildman–Crippen LogP) is 3.49. The molecule has 1 spiro atoms. The number of carbonyl (C=O) groups is 2. The normalized spacial score (nSPS) is 27.2. The minimum absolute atomic E-state index is 0.137. The Kier molecular flexibility index (Phi) is 5.42. The summed E-state index contributed by atoms with van der Waals surface area (Å²) < 4.78 is 0. The van der Waals surface area contributed by atoms with Crippen molar-refractivity contribution in [2.24, 2.45) is 11.3 Å². The summed E-state index contributed by atoms with van der Waals surface area (Å²) in [5, 5.41) is 0. The molecule has 0 radical (unpaired) electrons. The summed E-state index contributed by atoms with van der Waals surface area (Å²) in [6, 6.07) is 0.200. The molecule has 0 aromatic carbocycles. The number of amides is 3. The van der Waals surface area contributed by atoms with Gasteiger partial charge in [0.2, 0.25) is 5.91 Å². The Bertz CT molecular complexity index is 505. The van der Waals surface area contributed by atoms with Crippen molar-refractivity contribution in [2.75, 3.05) is 39.3 Å². The van der Waals surface area contributed by atoms with Gasteiger partial charge in [0.05, 0.1) is 0 Å². The molecule has 3 amide bonds. The Morgan fingerprint density at radius 2 is 1.19 bits per heavy atom. The zero-order valence-electron chi connectivity index (χ0n) is 16.3. The zero-order valence-corrected chi connectivity index (χ0v) is 16.3. The van der Waals surface area contributed by atoms with Gasteiger partial charge in [-0.1, -0.05) is 19.3 Å². The van der Waals surface area contributed by atoms with Gasteiger partial charge in [-0.05, 0) is 56.8 Å². The van der Waals surface area contributed by atoms with Gasteiger partial charge in [-0.2, -0.15) is 0 Å². The van der Waals surface area contributed by atoms with E-state index in [0.29, 0.717) is 11.3 Å². The fourth-order valence-corrected chi connectivity index (χ4v) is 5.69. The van der Waals surface area contributed by atoms with E-state index < -0.39 is 0 Å². The maximum absolute atomic E-state index is 13.0. The molecule has 146 valence electrons. The molecule has 0 atom stereocenters. The highest BCUT2D eigenvalue weighted by Gasteiger charge is 2.39. The van der Waals surface area contributed by atoms with Crippen molar-refractivity contribution < 1.29 is 9.59 Å². The van der Waals surface area contributed by atoms with Gasteiger partial charge in [-0.25, -0.2) is 4.79 Å². The van der Waals surface area contributed by atoms with E-state index >= 15 is 0 Å². The van der Waals surface area contributed by atoms with Crippen molar-refractivity contribution in [1.29, 1.82) is 0 Å². The van der Waals surface area contributed by atoms with Gasteiger partial charge in [0.1, 0.15) is 0 Å². The summed E-state index contributed by atoms with van der Waals surface area (Å²) in [6.07, 6.45) is 13.3. The lowest BCUT2D eigenvalue weighted by Crippen LogP contribution is -2.50. The smallest absolute Gasteiger partial charge is 0.319 e. The first-order valence-electron chi connectivity index (χ1n) is 11.0. The quantitative estimate of drug-likeness (QED) is 0.718. The second kappa shape index (κ2) is 7.77. The second-order valence-corrected chi connectivity index (χ2v) is 9.12. The predicted molar refractivity (Wildman–Crippen MR) is 102 cm³/mol. The molecule has 3 heterocycles. The molecule has 0 unspecified atom stereocenters. The van der Waals surface area contributed by atoms with Crippen molar-refractivity contribution in [3.05, 3.63) is 0 Å². The standard InChI is InChI=1S/C21H35N3O2/c25-19(22-16-10-21(11-17-22)8-2-1-3-9-21)18-6-14-24(15-7-18)20(26)23-12-4-5-13-23/h18H,1-17H2. The van der Waals surface area contributed by atoms with Crippen LogP contribution in [0.5, 0.6) is 0 Å². The van der Waals surface area contributed by atoms with Crippen LogP contribution in [0, 0.1) is 11.3 Å². The van der Waals surface area contributed by atoms with E-state index in [1.165, 1.54) is 44.9 Å². The Morgan fingerprint density at radius 1 is 0.615 bits per heavy atom. The van der Waals surface area contributed by atoms with Gasteiger partial charge in [0.25, 0.3) is 0 Å². The number of urea groups is 1. The maximum atomic E-state index is 13.0. The summed E-state index contributed by atoms with van der Waals surface area (Å²) in [5.41, 5.74) is 0.556. The third-order valence-corrected chi connectivity index (χ3v) is 7.54. The van der Waals surface area contributed by atoms with E-state index in [9.17, 15) is 9.59 Å². The van der Waals surface area contributed by atoms with Crippen LogP contribution in [0.25, 0.3) is 0 Å². The Morgan fingerprint density at radius 3 is 1.81 bits per heavy atom. The SMILES string of the molecule is O=C(C1CCN(C(=O)N2CCCC2)CC1)N1CCC2(CCCCC2)CC1. The Hall–Kier alpha value is -1.26. The van der Waals surface area contributed by atoms with Gasteiger partial charge in [0.15, 0.2) is 0 Å². The van der Waals surface area contributed by atoms with Crippen molar-refractivity contribution in [3.8, 4) is 0 Å². The van der Waals surface area contributed by atoms with E-state index in [1.54, 1.807) is 0 Å². The maximum Gasteiger partial charge on any atom is 0.319 e. The highest BCUT2D eigenvalue weighted by Crippen LogP contribution is 2.44. The highest BCUT2D eigenvalue weighted by atomic mass is 16.2. The number of hydrogen-bond donors (Lipinski definition) is 0. The number of hydrogen-bond acceptors (Lipinski definition) is 2. The summed E-state index contributed by atoms with van der Waals surface area (Å²) in [7, 11) is 0. The monoisotopic (exact) mass is 361 g/mol. The van der Waals surface area contributed by atoms with E-state index in [-0.39, 0.29) is 11.9 Å². The van der Waals surface area contributed by atoms with Crippen LogP contribution in [-0.2, 0) is 4.79 Å². The number of piperidine rings is 2. The van der Waals surface area contributed by atoms with E-state index in [0.717, 1.165) is 65.0 Å². The highest BCUT2D eigenvalue weighted by molar-refractivity contribution is 5.80. The molecule has 26 heavy (non-hydrogen) atoms. The topological polar surface area (TPSA) is 43.9 Å². The molecule has 4 fully saturated rings. The van der Waals surface area contributed by atoms with E-state index in [4.69, 9.17) is 0 Å². The van der Waals surface area contributed by atoms with Gasteiger partial charge in [-0.15, -0.1) is 0 Å². The van der Waals surface area contributed by atoms with Crippen molar-refractivity contribution in [2.45, 2.75) is 70.6 Å². The number of nitrogens with zero attached hydrogens (tertiary/aromatic N) is 3. The molecule has 1 aliphatic carbocycles. The van der Waals surface area contributed by atoms with Gasteiger partial charge in [0, 0.05) is 45.2 Å². The fourth-order valence-electron chi connectivity index (χ4n) is 5.69. The first-order valence-corrected chi connectivity index (χ1v) is 11.0. The number of likely N-dealkylation sites (tertiary alicyclic amines) is 3. The Balaban J connectivity index is 1.24. The van der Waals surface area contributed by atoms with Crippen LogP contribution in [0.2, 0.25) is 0 Å². The van der Waals surface area contributed by atoms with Crippen LogP contribution in [0.3, 0.4) is 0 Å². The first kappa shape index (κ1) is 18.1. The molecule has 4 aliphatic rings. The molecule has 3 saturated heterocycles. The fraction of sp³-hybridized carbons (Fsp3) is 0.905. The van der Waals surface area contributed by atoms with Crippen molar-refractivity contribution >= 4 is 11.9 Å². The number of rotatable bonds is 1. The molecule has 5 nitrogen and oxygen atoms in total. The summed E-state index contributed by atoms with van der Waals surface area (Å²) >= 11 is 0. The van der Waals surface area contributed by atoms with Gasteiger partial charge in [-0.3, -0.25) is 4.79 Å². The molecule has 1 saturated carbocycles. The molecule has 0 N–H and O–H groups in total. The third-order valence-electron chi connectivity index (χ3n) is 7.54. The van der Waals surface area contributed by atoms with Crippen molar-refractivity contribution in [1.82, 2.24) is 14.7 Å². The van der Waals surface area contributed by atoms with Gasteiger partial charge >= 0.3 is 6.03 Å². The number of carbonyl (C=O) groups excluding carboxylic acids is 2. The molecule has 3 aliphatic heterocycles. The minimum atomic E-state index is 0.137. The van der Waals surface area contributed by atoms with Crippen molar-refractivity contribution in [3.63, 3.8) is 0 Å². The average Bonchev–Trinajstić information content (AvgIpc) is 3.23. The van der Waals surface area contributed by atoms with Crippen LogP contribution in [-0.4, -0.2) is 65.9 Å². The average molecular weight is 362 g/mol. The molecule has 0 bridgehead atoms. The van der Waals surface area contributed by atoms with E-state index in [1.807, 2.05) is 9.80 Å². The third kappa shape index (κ3) is 3.72. The lowest BCUT2D eigenvalue weighted by molar-refractivity contribution is -0.139. The van der Waals surface area contributed by atoms with Crippen LogP contribution in [0.15, 0.2) is 0 Å². The van der Waals surface area contributed by atoms with Crippen LogP contribution >= 0.6 is 0 Å². The molecule has 4 rings (SSSR count). The largest absolute Gasteiger partial charge is 0.342 e. The first-order chi connectivity index (χ1) is 12.7. The zero-order chi connectivity index (χ0) is 18.0. The molecule has 0 aromatic rings. The van der Waals surface area contributed by atoms with Crippen LogP contribution in [0.4, 0.5) is 4.79 Å². The molecular formula is C21H35N3O2. The lowest BCUT2D eigenvalue weighted by atomic mass is 9.68. The minimum Gasteiger partial charge on any atom is -0.342 e. The lowest BCUT2D eigenvalue weighted by Gasteiger charge is -2.45. The summed E-state index contributed by atoms with van der Waals surface area (Å²) in [5.74, 6) is 0.502. The van der Waals surface area contributed by atoms with Gasteiger partial charge < -0.3 is 14.7 Å². The van der Waals surface area contributed by atoms with Crippen LogP contribution < -0.4 is 0 Å². The second-order valence-electron chi connectivity index (χ2n) is 9.12. The summed E-state index contributed by atoms with van der Waals surface area (Å²) in [4.78, 5) is 31.6. The van der Waals surface area contributed by atoms with E-state index in [2.05, 4.69) is 4.90 Å². The molecule has 5 heteroatoms.